The van der Waals surface area contributed by atoms with Gasteiger partial charge in [-0.2, -0.15) is 0 Å². The van der Waals surface area contributed by atoms with Crippen LogP contribution in [0.5, 0.6) is 11.5 Å². The molecule has 9 nitrogen and oxygen atoms in total. The highest BCUT2D eigenvalue weighted by atomic mass is 35.5. The Labute approximate surface area is 207 Å². The molecule has 0 amide bonds. The minimum Gasteiger partial charge on any atom is -0.495 e. The molecular weight excluding hydrogens is 481 g/mol. The molecule has 2 aliphatic heterocycles. The van der Waals surface area contributed by atoms with Crippen LogP contribution in [-0.2, 0) is 9.47 Å². The van der Waals surface area contributed by atoms with Crippen LogP contribution in [0.2, 0.25) is 10.0 Å². The molecule has 0 bridgehead atoms. The van der Waals surface area contributed by atoms with Crippen LogP contribution in [0.1, 0.15) is 12.8 Å². The molecule has 0 spiro atoms. The Morgan fingerprint density at radius 1 is 0.912 bits per heavy atom. The number of pyridine rings is 1. The molecule has 4 heterocycles. The van der Waals surface area contributed by atoms with Gasteiger partial charge in [-0.25, -0.2) is 15.0 Å². The second-order valence-electron chi connectivity index (χ2n) is 8.18. The fourth-order valence-electron chi connectivity index (χ4n) is 4.12. The highest BCUT2D eigenvalue weighted by molar-refractivity contribution is 6.41. The van der Waals surface area contributed by atoms with Gasteiger partial charge in [0.25, 0.3) is 0 Å². The molecule has 0 saturated carbocycles. The number of nitrogens with zero attached hydrogens (tertiary/aromatic N) is 3. The first-order chi connectivity index (χ1) is 16.6. The van der Waals surface area contributed by atoms with E-state index >= 15 is 0 Å². The number of rotatable bonds is 7. The Hall–Kier alpha value is -2.59. The third kappa shape index (κ3) is 4.53. The lowest BCUT2D eigenvalue weighted by Crippen LogP contribution is -2.22. The summed E-state index contributed by atoms with van der Waals surface area (Å²) in [5, 5.41) is 8.30. The maximum absolute atomic E-state index is 6.67. The number of methoxy groups -OCH3 is 2. The summed E-state index contributed by atoms with van der Waals surface area (Å²) >= 11 is 13.3. The van der Waals surface area contributed by atoms with Gasteiger partial charge in [-0.15, -0.1) is 0 Å². The molecule has 34 heavy (non-hydrogen) atoms. The molecule has 0 radical (unpaired) electrons. The van der Waals surface area contributed by atoms with Crippen molar-refractivity contribution in [1.29, 1.82) is 0 Å². The number of benzene rings is 1. The molecule has 2 unspecified atom stereocenters. The summed E-state index contributed by atoms with van der Waals surface area (Å²) in [5.74, 6) is 2.01. The number of halogens is 2. The Balaban J connectivity index is 1.63. The zero-order chi connectivity index (χ0) is 23.7. The fourth-order valence-corrected chi connectivity index (χ4v) is 4.82. The first kappa shape index (κ1) is 23.2. The monoisotopic (exact) mass is 505 g/mol. The molecule has 3 aromatic rings. The van der Waals surface area contributed by atoms with Crippen molar-refractivity contribution in [2.75, 3.05) is 51.3 Å². The van der Waals surface area contributed by atoms with Crippen molar-refractivity contribution in [3.63, 3.8) is 0 Å². The van der Waals surface area contributed by atoms with Crippen LogP contribution in [-0.4, -0.2) is 67.7 Å². The maximum Gasteiger partial charge on any atom is 0.223 e. The molecule has 2 fully saturated rings. The first-order valence-electron chi connectivity index (χ1n) is 11.0. The topological polar surface area (TPSA) is 99.7 Å². The molecule has 2 aromatic heterocycles. The molecule has 2 N–H and O–H groups in total. The second-order valence-corrected chi connectivity index (χ2v) is 8.94. The quantitative estimate of drug-likeness (QED) is 0.483. The zero-order valence-electron chi connectivity index (χ0n) is 18.9. The van der Waals surface area contributed by atoms with Gasteiger partial charge < -0.3 is 29.6 Å². The van der Waals surface area contributed by atoms with Crippen LogP contribution in [0.25, 0.3) is 22.2 Å². The molecule has 5 rings (SSSR count). The SMILES string of the molecule is COc1cc(OC)c(Cl)c(-c2cc3cnc(NC4CCOC4)nc3c(NC3CCOC3)n2)c1Cl. The van der Waals surface area contributed by atoms with Crippen LogP contribution in [0.3, 0.4) is 0 Å². The Morgan fingerprint density at radius 2 is 1.56 bits per heavy atom. The fraction of sp³-hybridized carbons (Fsp3) is 0.435. The van der Waals surface area contributed by atoms with Crippen molar-refractivity contribution in [2.24, 2.45) is 0 Å². The minimum atomic E-state index is 0.117. The number of aromatic nitrogens is 3. The van der Waals surface area contributed by atoms with E-state index in [-0.39, 0.29) is 12.1 Å². The second kappa shape index (κ2) is 9.95. The summed E-state index contributed by atoms with van der Waals surface area (Å²) in [6.07, 6.45) is 3.55. The summed E-state index contributed by atoms with van der Waals surface area (Å²) < 4.78 is 21.9. The van der Waals surface area contributed by atoms with E-state index in [1.54, 1.807) is 12.3 Å². The number of hydrogen-bond acceptors (Lipinski definition) is 9. The summed E-state index contributed by atoms with van der Waals surface area (Å²) in [5.41, 5.74) is 1.75. The highest BCUT2D eigenvalue weighted by Crippen LogP contribution is 2.46. The van der Waals surface area contributed by atoms with Crippen molar-refractivity contribution in [2.45, 2.75) is 24.9 Å². The van der Waals surface area contributed by atoms with Gasteiger partial charge in [0.15, 0.2) is 5.82 Å². The molecule has 180 valence electrons. The van der Waals surface area contributed by atoms with E-state index in [0.717, 1.165) is 24.8 Å². The Kier molecular flexibility index (Phi) is 6.78. The average Bonchev–Trinajstić information content (AvgIpc) is 3.54. The third-order valence-electron chi connectivity index (χ3n) is 5.93. The van der Waals surface area contributed by atoms with Crippen LogP contribution in [0.4, 0.5) is 11.8 Å². The largest absolute Gasteiger partial charge is 0.495 e. The summed E-state index contributed by atoms with van der Waals surface area (Å²) in [7, 11) is 3.08. The van der Waals surface area contributed by atoms with Crippen molar-refractivity contribution >= 4 is 45.9 Å². The minimum absolute atomic E-state index is 0.117. The molecule has 2 aliphatic rings. The van der Waals surface area contributed by atoms with Crippen LogP contribution in [0.15, 0.2) is 18.3 Å². The standard InChI is InChI=1S/C23H25Cl2N5O4/c1-31-16-8-17(32-2)20(25)18(19(16)24)15-7-12-9-26-23(28-14-4-6-34-11-14)30-21(12)22(29-15)27-13-3-5-33-10-13/h7-9,13-14H,3-6,10-11H2,1-2H3,(H,27,29)(H,26,28,30). The number of ether oxygens (including phenoxy) is 4. The lowest BCUT2D eigenvalue weighted by molar-refractivity contribution is 0.195. The van der Waals surface area contributed by atoms with Gasteiger partial charge in [0.1, 0.15) is 17.0 Å². The van der Waals surface area contributed by atoms with E-state index in [1.807, 2.05) is 6.07 Å². The maximum atomic E-state index is 6.67. The summed E-state index contributed by atoms with van der Waals surface area (Å²) in [6.45, 7) is 2.66. The van der Waals surface area contributed by atoms with E-state index < -0.39 is 0 Å². The van der Waals surface area contributed by atoms with Crippen molar-refractivity contribution in [3.05, 3.63) is 28.4 Å². The number of nitrogens with one attached hydrogen (secondary N) is 2. The van der Waals surface area contributed by atoms with E-state index in [0.29, 0.717) is 69.9 Å². The number of anilines is 2. The molecule has 0 aliphatic carbocycles. The van der Waals surface area contributed by atoms with E-state index in [4.69, 9.17) is 52.1 Å². The van der Waals surface area contributed by atoms with Gasteiger partial charge in [-0.1, -0.05) is 23.2 Å². The van der Waals surface area contributed by atoms with Gasteiger partial charge in [-0.3, -0.25) is 0 Å². The summed E-state index contributed by atoms with van der Waals surface area (Å²) in [6, 6.07) is 3.82. The number of hydrogen-bond donors (Lipinski definition) is 2. The molecule has 2 atom stereocenters. The molecule has 1 aromatic carbocycles. The number of fused-ring (bicyclic) bond motifs is 1. The van der Waals surface area contributed by atoms with Gasteiger partial charge in [-0.05, 0) is 18.9 Å². The summed E-state index contributed by atoms with van der Waals surface area (Å²) in [4.78, 5) is 14.2. The lowest BCUT2D eigenvalue weighted by Gasteiger charge is -2.18. The normalized spacial score (nSPS) is 20.0. The smallest absolute Gasteiger partial charge is 0.223 e. The highest BCUT2D eigenvalue weighted by Gasteiger charge is 2.24. The lowest BCUT2D eigenvalue weighted by atomic mass is 10.1. The van der Waals surface area contributed by atoms with Crippen LogP contribution < -0.4 is 20.1 Å². The van der Waals surface area contributed by atoms with Crippen LogP contribution in [0, 0.1) is 0 Å². The van der Waals surface area contributed by atoms with Gasteiger partial charge in [0.05, 0.1) is 55.3 Å². The Morgan fingerprint density at radius 3 is 2.15 bits per heavy atom. The predicted octanol–water partition coefficient (Wildman–Crippen LogP) is 4.42. The van der Waals surface area contributed by atoms with Gasteiger partial charge in [0, 0.05) is 36.4 Å². The van der Waals surface area contributed by atoms with Crippen LogP contribution >= 0.6 is 23.2 Å². The molecular formula is C23H25Cl2N5O4. The van der Waals surface area contributed by atoms with E-state index in [1.165, 1.54) is 14.2 Å². The predicted molar refractivity (Wildman–Crippen MR) is 132 cm³/mol. The van der Waals surface area contributed by atoms with Crippen molar-refractivity contribution in [3.8, 4) is 22.8 Å². The zero-order valence-corrected chi connectivity index (χ0v) is 20.4. The van der Waals surface area contributed by atoms with Crippen molar-refractivity contribution in [1.82, 2.24) is 15.0 Å². The van der Waals surface area contributed by atoms with Gasteiger partial charge in [0.2, 0.25) is 5.95 Å². The first-order valence-corrected chi connectivity index (χ1v) is 11.8. The van der Waals surface area contributed by atoms with Crippen molar-refractivity contribution < 1.29 is 18.9 Å². The molecule has 11 heteroatoms. The van der Waals surface area contributed by atoms with E-state index in [9.17, 15) is 0 Å². The Bertz CT molecular complexity index is 1170. The average molecular weight is 506 g/mol. The van der Waals surface area contributed by atoms with Gasteiger partial charge >= 0.3 is 0 Å². The third-order valence-corrected chi connectivity index (χ3v) is 6.68. The molecule has 2 saturated heterocycles. The van der Waals surface area contributed by atoms with E-state index in [2.05, 4.69) is 15.6 Å².